The summed E-state index contributed by atoms with van der Waals surface area (Å²) in [5.74, 6) is 6.84. The van der Waals surface area contributed by atoms with Crippen LogP contribution in [-0.2, 0) is 9.53 Å². The molecule has 1 heterocycles. The lowest BCUT2D eigenvalue weighted by molar-refractivity contribution is -0.156. The van der Waals surface area contributed by atoms with Gasteiger partial charge in [0.15, 0.2) is 26.7 Å². The minimum Gasteiger partial charge on any atom is -0.481 e. The van der Waals surface area contributed by atoms with E-state index < -0.39 is 5.60 Å². The van der Waals surface area contributed by atoms with Crippen LogP contribution in [0.25, 0.3) is 15.0 Å². The molecule has 36 heavy (non-hydrogen) atoms. The van der Waals surface area contributed by atoms with Gasteiger partial charge in [-0.3, -0.25) is 0 Å². The predicted octanol–water partition coefficient (Wildman–Crippen LogP) is 7.79. The standard InChI is InChI=1S/C32H31O3S/c1-23-19-28(36-25(3)21-27-13-7-8-14-29(27)36)20-24(2)31(23)34-22-30(33)35-32(16-9-10-17-32)18-15-26-11-5-4-6-12-26/h4-8,11-14,19-21H,9-10,16-17,22H2,1-3H3/q+1. The van der Waals surface area contributed by atoms with Crippen molar-refractivity contribution >= 4 is 26.5 Å². The number of carbonyl (C=O) groups is 1. The van der Waals surface area contributed by atoms with Crippen molar-refractivity contribution in [1.29, 1.82) is 0 Å². The van der Waals surface area contributed by atoms with E-state index in [1.165, 1.54) is 19.9 Å². The number of thiophene rings is 1. The Morgan fingerprint density at radius 3 is 2.31 bits per heavy atom. The smallest absolute Gasteiger partial charge is 0.345 e. The highest BCUT2D eigenvalue weighted by atomic mass is 32.2. The minimum absolute atomic E-state index is 0.0805. The summed E-state index contributed by atoms with van der Waals surface area (Å²) in [5, 5.41) is 1.30. The predicted molar refractivity (Wildman–Crippen MR) is 148 cm³/mol. The molecule has 0 amide bonds. The topological polar surface area (TPSA) is 35.5 Å². The molecule has 1 atom stereocenters. The molecule has 0 spiro atoms. The fourth-order valence-corrected chi connectivity index (χ4v) is 7.47. The zero-order valence-electron chi connectivity index (χ0n) is 21.1. The van der Waals surface area contributed by atoms with Crippen molar-refractivity contribution in [2.75, 3.05) is 6.61 Å². The molecule has 1 aromatic heterocycles. The Morgan fingerprint density at radius 2 is 1.58 bits per heavy atom. The van der Waals surface area contributed by atoms with E-state index in [1.807, 2.05) is 44.2 Å². The number of hydrogen-bond acceptors (Lipinski definition) is 3. The van der Waals surface area contributed by atoms with Gasteiger partial charge in [0.1, 0.15) is 5.75 Å². The van der Waals surface area contributed by atoms with Crippen LogP contribution < -0.4 is 4.74 Å². The third-order valence-electron chi connectivity index (χ3n) is 6.75. The first-order valence-electron chi connectivity index (χ1n) is 12.5. The van der Waals surface area contributed by atoms with E-state index in [2.05, 4.69) is 61.2 Å². The Morgan fingerprint density at radius 1 is 0.917 bits per heavy atom. The molecule has 4 heteroatoms. The van der Waals surface area contributed by atoms with Gasteiger partial charge in [0, 0.05) is 46.5 Å². The average Bonchev–Trinajstić information content (AvgIpc) is 3.46. The number of carbonyl (C=O) groups excluding carboxylic acids is 1. The Hall–Kier alpha value is -3.55. The van der Waals surface area contributed by atoms with E-state index in [0.29, 0.717) is 0 Å². The largest absolute Gasteiger partial charge is 0.481 e. The van der Waals surface area contributed by atoms with Crippen molar-refractivity contribution in [2.24, 2.45) is 0 Å². The summed E-state index contributed by atoms with van der Waals surface area (Å²) in [6, 6.07) is 25.1. The third-order valence-corrected chi connectivity index (χ3v) is 9.03. The third kappa shape index (κ3) is 5.03. The van der Waals surface area contributed by atoms with Gasteiger partial charge in [-0.15, -0.1) is 0 Å². The van der Waals surface area contributed by atoms with Crippen LogP contribution in [0.2, 0.25) is 0 Å². The van der Waals surface area contributed by atoms with Gasteiger partial charge in [-0.25, -0.2) is 4.79 Å². The molecule has 1 unspecified atom stereocenters. The molecule has 3 nitrogen and oxygen atoms in total. The maximum atomic E-state index is 12.8. The number of ether oxygens (including phenoxy) is 2. The Labute approximate surface area is 216 Å². The monoisotopic (exact) mass is 495 g/mol. The molecule has 182 valence electrons. The van der Waals surface area contributed by atoms with Crippen LogP contribution in [0.1, 0.15) is 47.3 Å². The molecule has 1 saturated carbocycles. The van der Waals surface area contributed by atoms with Crippen LogP contribution in [-0.4, -0.2) is 18.2 Å². The first-order valence-corrected chi connectivity index (χ1v) is 13.7. The number of hydrogen-bond donors (Lipinski definition) is 0. The highest BCUT2D eigenvalue weighted by molar-refractivity contribution is 7.45. The van der Waals surface area contributed by atoms with Crippen molar-refractivity contribution in [2.45, 2.75) is 52.1 Å². The number of esters is 1. The molecule has 0 radical (unpaired) electrons. The van der Waals surface area contributed by atoms with Gasteiger partial charge in [0.05, 0.1) is 0 Å². The van der Waals surface area contributed by atoms with Crippen LogP contribution in [0.5, 0.6) is 5.75 Å². The van der Waals surface area contributed by atoms with Crippen molar-refractivity contribution in [3.05, 3.63) is 94.4 Å². The number of benzene rings is 3. The summed E-state index contributed by atoms with van der Waals surface area (Å²) >= 11 is 0. The number of aryl methyl sites for hydroxylation is 3. The van der Waals surface area contributed by atoms with Gasteiger partial charge in [-0.2, -0.15) is 0 Å². The molecule has 3 aromatic carbocycles. The zero-order chi connectivity index (χ0) is 25.1. The molecule has 5 rings (SSSR count). The molecule has 1 fully saturated rings. The molecule has 1 aliphatic carbocycles. The second-order valence-corrected chi connectivity index (χ2v) is 11.7. The van der Waals surface area contributed by atoms with E-state index in [0.717, 1.165) is 48.1 Å². The molecular weight excluding hydrogens is 464 g/mol. The summed E-state index contributed by atoms with van der Waals surface area (Å²) in [7, 11) is -0.0805. The van der Waals surface area contributed by atoms with Crippen molar-refractivity contribution in [3.8, 4) is 22.5 Å². The molecule has 0 saturated heterocycles. The summed E-state index contributed by atoms with van der Waals surface area (Å²) in [4.78, 5) is 15.5. The lowest BCUT2D eigenvalue weighted by Crippen LogP contribution is -2.32. The molecule has 0 aliphatic heterocycles. The molecular formula is C32H31O3S+. The van der Waals surface area contributed by atoms with E-state index in [4.69, 9.17) is 9.47 Å². The molecule has 1 aliphatic rings. The summed E-state index contributed by atoms with van der Waals surface area (Å²) < 4.78 is 13.3. The number of rotatable bonds is 5. The van der Waals surface area contributed by atoms with E-state index in [1.54, 1.807) is 0 Å². The molecule has 4 aromatic rings. The summed E-state index contributed by atoms with van der Waals surface area (Å²) in [5.41, 5.74) is 2.27. The first kappa shape index (κ1) is 24.2. The van der Waals surface area contributed by atoms with Gasteiger partial charge in [0.25, 0.3) is 0 Å². The van der Waals surface area contributed by atoms with Gasteiger partial charge >= 0.3 is 5.97 Å². The maximum Gasteiger partial charge on any atom is 0.345 e. The van der Waals surface area contributed by atoms with Gasteiger partial charge in [-0.05, 0) is 80.8 Å². The zero-order valence-corrected chi connectivity index (χ0v) is 21.9. The van der Waals surface area contributed by atoms with Gasteiger partial charge in [-0.1, -0.05) is 36.3 Å². The molecule has 0 N–H and O–H groups in total. The SMILES string of the molecule is Cc1cc(-[s+]2c(C)cc3ccccc32)cc(C)c1OCC(=O)OC1(C#Cc2ccccc2)CCCC1. The normalized spacial score (nSPS) is 14.8. The van der Waals surface area contributed by atoms with Crippen molar-refractivity contribution < 1.29 is 14.3 Å². The summed E-state index contributed by atoms with van der Waals surface area (Å²) in [6.07, 6.45) is 3.55. The van der Waals surface area contributed by atoms with Crippen molar-refractivity contribution in [1.82, 2.24) is 0 Å². The van der Waals surface area contributed by atoms with E-state index in [-0.39, 0.29) is 23.0 Å². The maximum absolute atomic E-state index is 12.8. The van der Waals surface area contributed by atoms with Gasteiger partial charge < -0.3 is 9.47 Å². The Bertz CT molecular complexity index is 1440. The molecule has 0 bridgehead atoms. The van der Waals surface area contributed by atoms with Crippen LogP contribution >= 0.6 is 10.5 Å². The highest BCUT2D eigenvalue weighted by Crippen LogP contribution is 2.45. The fraction of sp³-hybridized carbons (Fsp3) is 0.281. The van der Waals surface area contributed by atoms with Gasteiger partial charge in [0.2, 0.25) is 0 Å². The first-order chi connectivity index (χ1) is 17.4. The summed E-state index contributed by atoms with van der Waals surface area (Å²) in [6.45, 7) is 6.17. The van der Waals surface area contributed by atoms with Crippen molar-refractivity contribution in [3.63, 3.8) is 0 Å². The Balaban J connectivity index is 1.31. The second-order valence-electron chi connectivity index (χ2n) is 9.57. The lowest BCUT2D eigenvalue weighted by Gasteiger charge is -2.23. The van der Waals surface area contributed by atoms with Crippen LogP contribution in [0.4, 0.5) is 0 Å². The number of fused-ring (bicyclic) bond motifs is 1. The van der Waals surface area contributed by atoms with E-state index >= 15 is 0 Å². The van der Waals surface area contributed by atoms with E-state index in [9.17, 15) is 4.79 Å². The van der Waals surface area contributed by atoms with Crippen LogP contribution in [0, 0.1) is 32.6 Å². The second kappa shape index (κ2) is 10.2. The average molecular weight is 496 g/mol. The fourth-order valence-electron chi connectivity index (χ4n) is 5.09. The van der Waals surface area contributed by atoms with Crippen LogP contribution in [0.15, 0.2) is 72.8 Å². The van der Waals surface area contributed by atoms with Crippen LogP contribution in [0.3, 0.4) is 0 Å². The quantitative estimate of drug-likeness (QED) is 0.161. The highest BCUT2D eigenvalue weighted by Gasteiger charge is 2.36. The minimum atomic E-state index is -0.717. The Kier molecular flexibility index (Phi) is 6.85. The lowest BCUT2D eigenvalue weighted by atomic mass is 10.0.